The number of carbonyl (C=O) groups is 1. The van der Waals surface area contributed by atoms with Gasteiger partial charge in [0.05, 0.1) is 0 Å². The molecular formula is C17H18FNO2. The Bertz CT molecular complexity index is 586. The summed E-state index contributed by atoms with van der Waals surface area (Å²) in [5, 5.41) is 2.78. The van der Waals surface area contributed by atoms with Gasteiger partial charge in [0, 0.05) is 6.54 Å². The molecule has 110 valence electrons. The second kappa shape index (κ2) is 7.43. The summed E-state index contributed by atoms with van der Waals surface area (Å²) < 4.78 is 18.5. The van der Waals surface area contributed by atoms with E-state index in [1.54, 1.807) is 12.1 Å². The summed E-state index contributed by atoms with van der Waals surface area (Å²) in [6.07, 6.45) is 0. The van der Waals surface area contributed by atoms with Crippen LogP contribution in [0.1, 0.15) is 18.4 Å². The Morgan fingerprint density at radius 1 is 1.14 bits per heavy atom. The van der Waals surface area contributed by atoms with Gasteiger partial charge in [0.25, 0.3) is 5.91 Å². The molecule has 4 heteroatoms. The van der Waals surface area contributed by atoms with Crippen molar-refractivity contribution >= 4 is 5.91 Å². The molecule has 2 aromatic carbocycles. The number of benzene rings is 2. The summed E-state index contributed by atoms with van der Waals surface area (Å²) in [5.74, 6) is -0.434. The predicted octanol–water partition coefficient (Wildman–Crippen LogP) is 3.12. The first kappa shape index (κ1) is 15.0. The molecule has 1 atom stereocenters. The summed E-state index contributed by atoms with van der Waals surface area (Å²) in [4.78, 5) is 11.7. The molecule has 3 nitrogen and oxygen atoms in total. The van der Waals surface area contributed by atoms with Crippen LogP contribution < -0.4 is 10.1 Å². The Morgan fingerprint density at radius 2 is 1.81 bits per heavy atom. The average molecular weight is 287 g/mol. The lowest BCUT2D eigenvalue weighted by Crippen LogP contribution is -2.31. The van der Waals surface area contributed by atoms with Crippen LogP contribution in [0.15, 0.2) is 54.6 Å². The van der Waals surface area contributed by atoms with Gasteiger partial charge in [-0.15, -0.1) is 0 Å². The number of carbonyl (C=O) groups excluding carboxylic acids is 1. The van der Waals surface area contributed by atoms with Crippen molar-refractivity contribution in [3.8, 4) is 5.75 Å². The zero-order valence-electron chi connectivity index (χ0n) is 11.9. The normalized spacial score (nSPS) is 11.7. The van der Waals surface area contributed by atoms with E-state index in [2.05, 4.69) is 5.32 Å². The van der Waals surface area contributed by atoms with Gasteiger partial charge in [0.2, 0.25) is 0 Å². The third-order valence-electron chi connectivity index (χ3n) is 3.17. The molecule has 0 aromatic heterocycles. The summed E-state index contributed by atoms with van der Waals surface area (Å²) >= 11 is 0. The second-order valence-electron chi connectivity index (χ2n) is 4.83. The monoisotopic (exact) mass is 287 g/mol. The van der Waals surface area contributed by atoms with Crippen molar-refractivity contribution in [2.24, 2.45) is 0 Å². The first-order chi connectivity index (χ1) is 10.2. The molecule has 0 aliphatic rings. The summed E-state index contributed by atoms with van der Waals surface area (Å²) in [6.45, 7) is 2.36. The molecule has 0 radical (unpaired) electrons. The maximum Gasteiger partial charge on any atom is 0.257 e. The highest BCUT2D eigenvalue weighted by Gasteiger charge is 2.09. The molecule has 0 aliphatic heterocycles. The van der Waals surface area contributed by atoms with E-state index in [-0.39, 0.29) is 24.2 Å². The highest BCUT2D eigenvalue weighted by molar-refractivity contribution is 5.77. The Morgan fingerprint density at radius 3 is 2.52 bits per heavy atom. The molecule has 1 amide bonds. The van der Waals surface area contributed by atoms with Crippen molar-refractivity contribution in [1.29, 1.82) is 0 Å². The number of para-hydroxylation sites is 1. The van der Waals surface area contributed by atoms with E-state index in [1.165, 1.54) is 12.1 Å². The van der Waals surface area contributed by atoms with Gasteiger partial charge in [-0.2, -0.15) is 0 Å². The van der Waals surface area contributed by atoms with Gasteiger partial charge in [-0.1, -0.05) is 49.4 Å². The number of rotatable bonds is 6. The van der Waals surface area contributed by atoms with Crippen LogP contribution in [0.3, 0.4) is 0 Å². The molecule has 0 spiro atoms. The molecule has 2 aromatic rings. The number of nitrogens with one attached hydrogen (secondary N) is 1. The van der Waals surface area contributed by atoms with E-state index in [0.717, 1.165) is 5.56 Å². The van der Waals surface area contributed by atoms with E-state index in [1.807, 2.05) is 37.3 Å². The molecule has 2 rings (SSSR count). The molecular weight excluding hydrogens is 269 g/mol. The van der Waals surface area contributed by atoms with Crippen LogP contribution in [0.25, 0.3) is 0 Å². The molecule has 0 fully saturated rings. The van der Waals surface area contributed by atoms with Gasteiger partial charge >= 0.3 is 0 Å². The highest BCUT2D eigenvalue weighted by atomic mass is 19.1. The predicted molar refractivity (Wildman–Crippen MR) is 79.8 cm³/mol. The second-order valence-corrected chi connectivity index (χ2v) is 4.83. The molecule has 21 heavy (non-hydrogen) atoms. The maximum atomic E-state index is 13.3. The average Bonchev–Trinajstić information content (AvgIpc) is 2.52. The minimum atomic E-state index is -0.469. The largest absolute Gasteiger partial charge is 0.481 e. The van der Waals surface area contributed by atoms with E-state index < -0.39 is 5.82 Å². The fourth-order valence-corrected chi connectivity index (χ4v) is 1.92. The van der Waals surface area contributed by atoms with Gasteiger partial charge in [0.1, 0.15) is 0 Å². The Labute approximate surface area is 123 Å². The Kier molecular flexibility index (Phi) is 5.32. The lowest BCUT2D eigenvalue weighted by Gasteiger charge is -2.13. The third-order valence-corrected chi connectivity index (χ3v) is 3.17. The number of ether oxygens (including phenoxy) is 1. The SMILES string of the molecule is C[C@@H](CNC(=O)COc1ccccc1F)c1ccccc1. The van der Waals surface area contributed by atoms with Crippen LogP contribution in [0.4, 0.5) is 4.39 Å². The van der Waals surface area contributed by atoms with Crippen molar-refractivity contribution in [1.82, 2.24) is 5.32 Å². The maximum absolute atomic E-state index is 13.3. The van der Waals surface area contributed by atoms with E-state index >= 15 is 0 Å². The Balaban J connectivity index is 1.76. The van der Waals surface area contributed by atoms with Crippen molar-refractivity contribution in [2.75, 3.05) is 13.2 Å². The first-order valence-corrected chi connectivity index (χ1v) is 6.86. The third kappa shape index (κ3) is 4.60. The standard InChI is InChI=1S/C17H18FNO2/c1-13(14-7-3-2-4-8-14)11-19-17(20)12-21-16-10-6-5-9-15(16)18/h2-10,13H,11-12H2,1H3,(H,19,20)/t13-/m0/s1. The van der Waals surface area contributed by atoms with Crippen molar-refractivity contribution in [3.05, 3.63) is 66.0 Å². The molecule has 0 saturated carbocycles. The molecule has 0 unspecified atom stereocenters. The number of amides is 1. The number of hydrogen-bond acceptors (Lipinski definition) is 2. The first-order valence-electron chi connectivity index (χ1n) is 6.86. The van der Waals surface area contributed by atoms with Crippen LogP contribution >= 0.6 is 0 Å². The number of hydrogen-bond donors (Lipinski definition) is 1. The molecule has 0 aliphatic carbocycles. The van der Waals surface area contributed by atoms with Crippen LogP contribution in [0, 0.1) is 5.82 Å². The zero-order valence-corrected chi connectivity index (χ0v) is 11.9. The smallest absolute Gasteiger partial charge is 0.257 e. The van der Waals surface area contributed by atoms with Crippen molar-refractivity contribution in [2.45, 2.75) is 12.8 Å². The van der Waals surface area contributed by atoms with Crippen molar-refractivity contribution < 1.29 is 13.9 Å². The van der Waals surface area contributed by atoms with E-state index in [4.69, 9.17) is 4.74 Å². The van der Waals surface area contributed by atoms with Gasteiger partial charge in [-0.25, -0.2) is 4.39 Å². The van der Waals surface area contributed by atoms with E-state index in [0.29, 0.717) is 6.54 Å². The quantitative estimate of drug-likeness (QED) is 0.886. The number of halogens is 1. The van der Waals surface area contributed by atoms with Gasteiger partial charge < -0.3 is 10.1 Å². The fraction of sp³-hybridized carbons (Fsp3) is 0.235. The van der Waals surface area contributed by atoms with Gasteiger partial charge in [-0.3, -0.25) is 4.79 Å². The van der Waals surface area contributed by atoms with Crippen molar-refractivity contribution in [3.63, 3.8) is 0 Å². The van der Waals surface area contributed by atoms with E-state index in [9.17, 15) is 9.18 Å². The Hall–Kier alpha value is -2.36. The minimum Gasteiger partial charge on any atom is -0.481 e. The van der Waals surface area contributed by atoms with Gasteiger partial charge in [-0.05, 0) is 23.6 Å². The van der Waals surface area contributed by atoms with Crippen LogP contribution in [0.5, 0.6) is 5.75 Å². The molecule has 0 heterocycles. The molecule has 1 N–H and O–H groups in total. The lowest BCUT2D eigenvalue weighted by atomic mass is 10.0. The van der Waals surface area contributed by atoms with Gasteiger partial charge in [0.15, 0.2) is 18.2 Å². The summed E-state index contributed by atoms with van der Waals surface area (Å²) in [5.41, 5.74) is 1.16. The molecule has 0 saturated heterocycles. The summed E-state index contributed by atoms with van der Waals surface area (Å²) in [7, 11) is 0. The highest BCUT2D eigenvalue weighted by Crippen LogP contribution is 2.15. The fourth-order valence-electron chi connectivity index (χ4n) is 1.92. The summed E-state index contributed by atoms with van der Waals surface area (Å²) in [6, 6.07) is 16.0. The molecule has 0 bridgehead atoms. The van der Waals surface area contributed by atoms with Crippen LogP contribution in [-0.2, 0) is 4.79 Å². The topological polar surface area (TPSA) is 38.3 Å². The zero-order chi connectivity index (χ0) is 15.1. The van der Waals surface area contributed by atoms with Crippen LogP contribution in [0.2, 0.25) is 0 Å². The lowest BCUT2D eigenvalue weighted by molar-refractivity contribution is -0.123. The minimum absolute atomic E-state index is 0.0868. The van der Waals surface area contributed by atoms with Crippen LogP contribution in [-0.4, -0.2) is 19.1 Å².